The quantitative estimate of drug-likeness (QED) is 0.900. The zero-order chi connectivity index (χ0) is 14.7. The Morgan fingerprint density at radius 1 is 1.25 bits per heavy atom. The van der Waals surface area contributed by atoms with Crippen molar-refractivity contribution in [1.29, 1.82) is 0 Å². The second-order valence-electron chi connectivity index (χ2n) is 6.38. The van der Waals surface area contributed by atoms with Crippen LogP contribution >= 0.6 is 0 Å². The molecule has 1 aliphatic rings. The van der Waals surface area contributed by atoms with Gasteiger partial charge in [-0.3, -0.25) is 0 Å². The van der Waals surface area contributed by atoms with Crippen molar-refractivity contribution in [3.8, 4) is 0 Å². The summed E-state index contributed by atoms with van der Waals surface area (Å²) < 4.78 is 2.23. The fraction of sp³-hybridized carbons (Fsp3) is 0.875. The number of rotatable bonds is 5. The van der Waals surface area contributed by atoms with Gasteiger partial charge in [0.1, 0.15) is 5.82 Å². The van der Waals surface area contributed by atoms with Gasteiger partial charge in [0, 0.05) is 18.9 Å². The summed E-state index contributed by atoms with van der Waals surface area (Å²) in [6, 6.07) is 0.991. The van der Waals surface area contributed by atoms with E-state index in [1.807, 2.05) is 0 Å². The predicted molar refractivity (Wildman–Crippen MR) is 82.8 cm³/mol. The average molecular weight is 278 g/mol. The molecule has 114 valence electrons. The van der Waals surface area contributed by atoms with Crippen molar-refractivity contribution in [2.75, 3.05) is 7.05 Å². The Kier molecular flexibility index (Phi) is 5.19. The molecule has 1 heterocycles. The molecule has 0 spiro atoms. The van der Waals surface area contributed by atoms with E-state index in [9.17, 15) is 0 Å². The van der Waals surface area contributed by atoms with Gasteiger partial charge < -0.3 is 5.32 Å². The van der Waals surface area contributed by atoms with Crippen LogP contribution in [0.4, 0.5) is 0 Å². The van der Waals surface area contributed by atoms with Gasteiger partial charge in [0.2, 0.25) is 0 Å². The van der Waals surface area contributed by atoms with E-state index >= 15 is 0 Å². The van der Waals surface area contributed by atoms with Crippen molar-refractivity contribution < 1.29 is 0 Å². The Bertz CT molecular complexity index is 424. The first-order valence-electron chi connectivity index (χ1n) is 8.22. The van der Waals surface area contributed by atoms with E-state index in [0.29, 0.717) is 12.1 Å². The molecule has 1 aromatic rings. The molecule has 1 N–H and O–H groups in total. The molecule has 1 saturated carbocycles. The van der Waals surface area contributed by atoms with E-state index in [-0.39, 0.29) is 0 Å². The molecule has 1 fully saturated rings. The Morgan fingerprint density at radius 2 is 2.00 bits per heavy atom. The summed E-state index contributed by atoms with van der Waals surface area (Å²) in [5.74, 6) is 3.71. The highest BCUT2D eigenvalue weighted by Crippen LogP contribution is 2.36. The van der Waals surface area contributed by atoms with Crippen LogP contribution in [-0.4, -0.2) is 27.9 Å². The van der Waals surface area contributed by atoms with Crippen LogP contribution in [-0.2, 0) is 12.8 Å². The van der Waals surface area contributed by atoms with Gasteiger partial charge in [-0.2, -0.15) is 5.10 Å². The van der Waals surface area contributed by atoms with E-state index in [2.05, 4.69) is 49.7 Å². The Balaban J connectivity index is 2.28. The molecular weight excluding hydrogens is 248 g/mol. The summed E-state index contributed by atoms with van der Waals surface area (Å²) in [6.07, 6.45) is 5.68. The predicted octanol–water partition coefficient (Wildman–Crippen LogP) is 2.99. The number of aryl methyl sites for hydroxylation is 2. The van der Waals surface area contributed by atoms with E-state index in [4.69, 9.17) is 5.10 Å². The first kappa shape index (κ1) is 15.5. The SMILES string of the molecule is CCc1nc(CC)n(C2CC(C(C)C)CCC2NC)n1. The van der Waals surface area contributed by atoms with Crippen LogP contribution in [0.1, 0.15) is 64.6 Å². The lowest BCUT2D eigenvalue weighted by molar-refractivity contribution is 0.164. The third-order valence-electron chi connectivity index (χ3n) is 4.86. The molecule has 1 aliphatic carbocycles. The molecule has 20 heavy (non-hydrogen) atoms. The van der Waals surface area contributed by atoms with Crippen LogP contribution in [0.5, 0.6) is 0 Å². The minimum Gasteiger partial charge on any atom is -0.315 e. The third kappa shape index (κ3) is 3.05. The number of nitrogens with zero attached hydrogens (tertiary/aromatic N) is 3. The molecule has 3 atom stereocenters. The van der Waals surface area contributed by atoms with E-state index in [0.717, 1.165) is 36.3 Å². The molecule has 0 radical (unpaired) electrons. The van der Waals surface area contributed by atoms with Gasteiger partial charge in [0.25, 0.3) is 0 Å². The number of aromatic nitrogens is 3. The lowest BCUT2D eigenvalue weighted by Crippen LogP contribution is -2.42. The van der Waals surface area contributed by atoms with Crippen LogP contribution in [0.2, 0.25) is 0 Å². The highest BCUT2D eigenvalue weighted by Gasteiger charge is 2.33. The van der Waals surface area contributed by atoms with Crippen molar-refractivity contribution in [2.24, 2.45) is 11.8 Å². The molecule has 3 unspecified atom stereocenters. The molecule has 0 aromatic carbocycles. The number of likely N-dealkylation sites (N-methyl/N-ethyl adjacent to an activating group) is 1. The van der Waals surface area contributed by atoms with Gasteiger partial charge in [-0.1, -0.05) is 27.7 Å². The Hall–Kier alpha value is -0.900. The normalized spacial score (nSPS) is 27.2. The van der Waals surface area contributed by atoms with Crippen molar-refractivity contribution in [3.63, 3.8) is 0 Å². The summed E-state index contributed by atoms with van der Waals surface area (Å²) in [7, 11) is 2.08. The minimum atomic E-state index is 0.462. The second kappa shape index (κ2) is 6.70. The maximum atomic E-state index is 4.78. The molecule has 1 aromatic heterocycles. The largest absolute Gasteiger partial charge is 0.315 e. The molecule has 0 bridgehead atoms. The minimum absolute atomic E-state index is 0.462. The third-order valence-corrected chi connectivity index (χ3v) is 4.86. The van der Waals surface area contributed by atoms with Gasteiger partial charge in [-0.25, -0.2) is 9.67 Å². The standard InChI is InChI=1S/C16H30N4/c1-6-15-18-16(7-2)20(19-15)14-10-12(11(3)4)8-9-13(14)17-5/h11-14,17H,6-10H2,1-5H3. The van der Waals surface area contributed by atoms with Crippen molar-refractivity contribution in [1.82, 2.24) is 20.1 Å². The van der Waals surface area contributed by atoms with Crippen LogP contribution in [0, 0.1) is 11.8 Å². The highest BCUT2D eigenvalue weighted by molar-refractivity contribution is 4.99. The van der Waals surface area contributed by atoms with E-state index in [1.165, 1.54) is 19.3 Å². The van der Waals surface area contributed by atoms with Gasteiger partial charge in [0.15, 0.2) is 5.82 Å². The number of hydrogen-bond donors (Lipinski definition) is 1. The zero-order valence-electron chi connectivity index (χ0n) is 13.7. The second-order valence-corrected chi connectivity index (χ2v) is 6.38. The summed E-state index contributed by atoms with van der Waals surface area (Å²) >= 11 is 0. The monoisotopic (exact) mass is 278 g/mol. The number of nitrogens with one attached hydrogen (secondary N) is 1. The summed E-state index contributed by atoms with van der Waals surface area (Å²) in [4.78, 5) is 4.69. The molecule has 0 amide bonds. The van der Waals surface area contributed by atoms with Gasteiger partial charge in [0.05, 0.1) is 6.04 Å². The van der Waals surface area contributed by atoms with Crippen molar-refractivity contribution in [2.45, 2.75) is 71.9 Å². The Morgan fingerprint density at radius 3 is 2.55 bits per heavy atom. The summed E-state index contributed by atoms with van der Waals surface area (Å²) in [5, 5.41) is 8.28. The van der Waals surface area contributed by atoms with Gasteiger partial charge in [-0.05, 0) is 38.1 Å². The van der Waals surface area contributed by atoms with Gasteiger partial charge in [-0.15, -0.1) is 0 Å². The molecular formula is C16H30N4. The molecule has 4 heteroatoms. The topological polar surface area (TPSA) is 42.7 Å². The maximum absolute atomic E-state index is 4.78. The molecule has 0 saturated heterocycles. The highest BCUT2D eigenvalue weighted by atomic mass is 15.4. The van der Waals surface area contributed by atoms with Crippen molar-refractivity contribution >= 4 is 0 Å². The maximum Gasteiger partial charge on any atom is 0.150 e. The Labute approximate surface area is 123 Å². The first-order chi connectivity index (χ1) is 9.60. The average Bonchev–Trinajstić information content (AvgIpc) is 2.89. The smallest absolute Gasteiger partial charge is 0.150 e. The first-order valence-corrected chi connectivity index (χ1v) is 8.22. The van der Waals surface area contributed by atoms with Crippen molar-refractivity contribution in [3.05, 3.63) is 11.6 Å². The zero-order valence-corrected chi connectivity index (χ0v) is 13.7. The van der Waals surface area contributed by atoms with Crippen LogP contribution < -0.4 is 5.32 Å². The summed E-state index contributed by atoms with van der Waals surface area (Å²) in [5.41, 5.74) is 0. The number of hydrogen-bond acceptors (Lipinski definition) is 3. The lowest BCUT2D eigenvalue weighted by Gasteiger charge is -2.38. The van der Waals surface area contributed by atoms with Crippen LogP contribution in [0.25, 0.3) is 0 Å². The molecule has 4 nitrogen and oxygen atoms in total. The molecule has 2 rings (SSSR count). The summed E-state index contributed by atoms with van der Waals surface area (Å²) in [6.45, 7) is 9.01. The lowest BCUT2D eigenvalue weighted by atomic mass is 9.77. The van der Waals surface area contributed by atoms with E-state index < -0.39 is 0 Å². The van der Waals surface area contributed by atoms with Gasteiger partial charge >= 0.3 is 0 Å². The van der Waals surface area contributed by atoms with E-state index in [1.54, 1.807) is 0 Å². The van der Waals surface area contributed by atoms with Crippen LogP contribution in [0.15, 0.2) is 0 Å². The molecule has 0 aliphatic heterocycles. The fourth-order valence-electron chi connectivity index (χ4n) is 3.45. The fourth-order valence-corrected chi connectivity index (χ4v) is 3.45. The van der Waals surface area contributed by atoms with Crippen LogP contribution in [0.3, 0.4) is 0 Å².